The molecule has 65 heavy (non-hydrogen) atoms. The fraction of sp³-hybridized carbons (Fsp3) is 0.949. The molecule has 4 unspecified atom stereocenters. The zero-order chi connectivity index (χ0) is 47.4. The van der Waals surface area contributed by atoms with Gasteiger partial charge < -0.3 is 25.7 Å². The minimum Gasteiger partial charge on any atom is -0.394 e. The summed E-state index contributed by atoms with van der Waals surface area (Å²) in [6.07, 6.45) is 64.3. The topological polar surface area (TPSA) is 110 Å². The quantitative estimate of drug-likeness (QED) is 0.0308. The Bertz CT molecular complexity index is 944. The van der Waals surface area contributed by atoms with Gasteiger partial charge in [-0.25, -0.2) is 0 Å². The Hall–Kier alpha value is -0.950. The molecule has 0 aromatic rings. The predicted molar refractivity (Wildman–Crippen MR) is 284 cm³/mol. The van der Waals surface area contributed by atoms with Gasteiger partial charge in [0.25, 0.3) is 0 Å². The Labute approximate surface area is 406 Å². The van der Waals surface area contributed by atoms with E-state index in [0.29, 0.717) is 12.8 Å². The number of hydrogen-bond acceptors (Lipinski definition) is 5. The summed E-state index contributed by atoms with van der Waals surface area (Å²) >= 11 is 0. The molecular weight excluding hydrogens is 803 g/mol. The van der Waals surface area contributed by atoms with Gasteiger partial charge in [-0.1, -0.05) is 302 Å². The summed E-state index contributed by atoms with van der Waals surface area (Å²) < 4.78 is 0. The van der Waals surface area contributed by atoms with Gasteiger partial charge in [0.1, 0.15) is 12.2 Å². The summed E-state index contributed by atoms with van der Waals surface area (Å²) in [6, 6.07) is -0.983. The normalized spacial score (nSPS) is 13.8. The third kappa shape index (κ3) is 47.9. The summed E-state index contributed by atoms with van der Waals surface area (Å²) in [5.41, 5.74) is 0. The summed E-state index contributed by atoms with van der Waals surface area (Å²) in [7, 11) is 0. The van der Waals surface area contributed by atoms with Gasteiger partial charge in [-0.3, -0.25) is 4.79 Å². The third-order valence-corrected chi connectivity index (χ3v) is 14.2. The Morgan fingerprint density at radius 1 is 0.369 bits per heavy atom. The molecule has 6 nitrogen and oxygen atoms in total. The number of aliphatic hydroxyl groups is 4. The molecule has 0 radical (unpaired) electrons. The second-order valence-electron chi connectivity index (χ2n) is 20.7. The van der Waals surface area contributed by atoms with Crippen molar-refractivity contribution in [2.24, 2.45) is 0 Å². The van der Waals surface area contributed by atoms with Gasteiger partial charge in [-0.15, -0.1) is 0 Å². The van der Waals surface area contributed by atoms with E-state index in [1.165, 1.54) is 263 Å². The van der Waals surface area contributed by atoms with E-state index in [1.54, 1.807) is 0 Å². The first kappa shape index (κ1) is 64.0. The standard InChI is InChI=1S/C59H117NO5/c1-3-5-7-9-11-13-15-17-19-21-23-24-25-26-27-28-29-30-31-32-33-34-35-37-39-41-43-45-47-49-51-53-57(63)59(65)60-55(54-61)58(64)56(62)52-50-48-46-44-42-40-38-36-22-20-18-16-14-12-10-8-6-4-2/h26-27,55-58,61-64H,3-25,28-54H2,1-2H3,(H,60,65)/b27-26-. The van der Waals surface area contributed by atoms with E-state index in [0.717, 1.165) is 38.5 Å². The maximum Gasteiger partial charge on any atom is 0.249 e. The average Bonchev–Trinajstić information content (AvgIpc) is 3.31. The van der Waals surface area contributed by atoms with Crippen LogP contribution in [0, 0.1) is 0 Å². The highest BCUT2D eigenvalue weighted by Crippen LogP contribution is 2.18. The van der Waals surface area contributed by atoms with E-state index in [9.17, 15) is 25.2 Å². The highest BCUT2D eigenvalue weighted by molar-refractivity contribution is 5.80. The first-order valence-corrected chi connectivity index (χ1v) is 29.6. The number of amides is 1. The number of carbonyl (C=O) groups is 1. The van der Waals surface area contributed by atoms with Crippen molar-refractivity contribution in [2.45, 2.75) is 353 Å². The van der Waals surface area contributed by atoms with E-state index in [2.05, 4.69) is 31.3 Å². The molecule has 5 N–H and O–H groups in total. The smallest absolute Gasteiger partial charge is 0.249 e. The number of rotatable bonds is 55. The van der Waals surface area contributed by atoms with E-state index >= 15 is 0 Å². The van der Waals surface area contributed by atoms with Gasteiger partial charge >= 0.3 is 0 Å². The Balaban J connectivity index is 3.56. The molecule has 0 aliphatic heterocycles. The number of carbonyl (C=O) groups excluding carboxylic acids is 1. The Morgan fingerprint density at radius 3 is 0.892 bits per heavy atom. The molecule has 1 amide bonds. The van der Waals surface area contributed by atoms with Gasteiger partial charge in [-0.05, 0) is 38.5 Å². The summed E-state index contributed by atoms with van der Waals surface area (Å²) in [4.78, 5) is 12.6. The average molecular weight is 921 g/mol. The number of hydrogen-bond donors (Lipinski definition) is 5. The van der Waals surface area contributed by atoms with E-state index in [-0.39, 0.29) is 0 Å². The number of unbranched alkanes of at least 4 members (excludes halogenated alkanes) is 44. The minimum atomic E-state index is -1.26. The van der Waals surface area contributed by atoms with E-state index < -0.39 is 36.9 Å². The van der Waals surface area contributed by atoms with Crippen molar-refractivity contribution < 1.29 is 25.2 Å². The van der Waals surface area contributed by atoms with Crippen LogP contribution in [0.4, 0.5) is 0 Å². The zero-order valence-corrected chi connectivity index (χ0v) is 44.0. The number of nitrogens with one attached hydrogen (secondary N) is 1. The van der Waals surface area contributed by atoms with Gasteiger partial charge in [0.15, 0.2) is 0 Å². The van der Waals surface area contributed by atoms with Crippen LogP contribution in [0.5, 0.6) is 0 Å². The Morgan fingerprint density at radius 2 is 0.615 bits per heavy atom. The molecular formula is C59H117NO5. The van der Waals surface area contributed by atoms with Crippen LogP contribution in [0.2, 0.25) is 0 Å². The molecule has 0 aromatic carbocycles. The largest absolute Gasteiger partial charge is 0.394 e. The van der Waals surface area contributed by atoms with Crippen molar-refractivity contribution in [3.63, 3.8) is 0 Å². The van der Waals surface area contributed by atoms with Gasteiger partial charge in [0.2, 0.25) is 5.91 Å². The first-order chi connectivity index (χ1) is 32.0. The first-order valence-electron chi connectivity index (χ1n) is 29.6. The van der Waals surface area contributed by atoms with Crippen LogP contribution in [0.25, 0.3) is 0 Å². The number of allylic oxidation sites excluding steroid dienone is 2. The summed E-state index contributed by atoms with van der Waals surface area (Å²) in [5, 5.41) is 44.0. The molecule has 6 heteroatoms. The molecule has 0 bridgehead atoms. The van der Waals surface area contributed by atoms with E-state index in [1.807, 2.05) is 0 Å². The van der Waals surface area contributed by atoms with Crippen molar-refractivity contribution in [1.29, 1.82) is 0 Å². The van der Waals surface area contributed by atoms with Crippen LogP contribution < -0.4 is 5.32 Å². The maximum atomic E-state index is 12.6. The van der Waals surface area contributed by atoms with Crippen LogP contribution in [0.3, 0.4) is 0 Å². The maximum absolute atomic E-state index is 12.6. The molecule has 0 aliphatic carbocycles. The van der Waals surface area contributed by atoms with Crippen molar-refractivity contribution in [3.8, 4) is 0 Å². The fourth-order valence-corrected chi connectivity index (χ4v) is 9.58. The molecule has 388 valence electrons. The second-order valence-corrected chi connectivity index (χ2v) is 20.7. The lowest BCUT2D eigenvalue weighted by atomic mass is 9.99. The lowest BCUT2D eigenvalue weighted by Crippen LogP contribution is -2.53. The van der Waals surface area contributed by atoms with Crippen LogP contribution in [-0.4, -0.2) is 57.3 Å². The monoisotopic (exact) mass is 920 g/mol. The predicted octanol–water partition coefficient (Wildman–Crippen LogP) is 17.3. The van der Waals surface area contributed by atoms with Gasteiger partial charge in [0, 0.05) is 0 Å². The lowest BCUT2D eigenvalue weighted by Gasteiger charge is -2.27. The molecule has 0 rings (SSSR count). The molecule has 0 saturated heterocycles. The van der Waals surface area contributed by atoms with Crippen molar-refractivity contribution in [3.05, 3.63) is 12.2 Å². The second kappa shape index (κ2) is 54.0. The molecule has 0 aromatic heterocycles. The van der Waals surface area contributed by atoms with E-state index in [4.69, 9.17) is 0 Å². The minimum absolute atomic E-state index is 0.374. The molecule has 0 fully saturated rings. The third-order valence-electron chi connectivity index (χ3n) is 14.2. The van der Waals surface area contributed by atoms with Crippen LogP contribution in [0.15, 0.2) is 12.2 Å². The highest BCUT2D eigenvalue weighted by Gasteiger charge is 2.28. The summed E-state index contributed by atoms with van der Waals surface area (Å²) in [6.45, 7) is 4.09. The fourth-order valence-electron chi connectivity index (χ4n) is 9.58. The van der Waals surface area contributed by atoms with Crippen molar-refractivity contribution in [2.75, 3.05) is 6.61 Å². The van der Waals surface area contributed by atoms with Crippen LogP contribution in [-0.2, 0) is 4.79 Å². The van der Waals surface area contributed by atoms with Gasteiger partial charge in [-0.2, -0.15) is 0 Å². The molecule has 0 heterocycles. The molecule has 0 saturated carbocycles. The number of aliphatic hydroxyl groups excluding tert-OH is 4. The Kier molecular flexibility index (Phi) is 53.2. The molecule has 0 spiro atoms. The van der Waals surface area contributed by atoms with Crippen molar-refractivity contribution in [1.82, 2.24) is 5.32 Å². The van der Waals surface area contributed by atoms with Crippen LogP contribution in [0.1, 0.15) is 328 Å². The SMILES string of the molecule is CCCCCCCCCCCCCC/C=C\CCCCCCCCCCCCCCCCCC(O)C(=O)NC(CO)C(O)C(O)CCCCCCCCCCCCCCCCCCCC. The van der Waals surface area contributed by atoms with Crippen molar-refractivity contribution >= 4 is 5.91 Å². The molecule has 4 atom stereocenters. The van der Waals surface area contributed by atoms with Crippen LogP contribution >= 0.6 is 0 Å². The summed E-state index contributed by atoms with van der Waals surface area (Å²) in [5.74, 6) is -0.577. The molecule has 0 aliphatic rings. The lowest BCUT2D eigenvalue weighted by molar-refractivity contribution is -0.132. The zero-order valence-electron chi connectivity index (χ0n) is 44.0. The highest BCUT2D eigenvalue weighted by atomic mass is 16.3. The van der Waals surface area contributed by atoms with Gasteiger partial charge in [0.05, 0.1) is 18.8 Å².